The number of unbranched alkanes of at least 4 members (excludes halogenated alkanes) is 1. The molecule has 0 spiro atoms. The maximum Gasteiger partial charge on any atom is 0.138 e. The van der Waals surface area contributed by atoms with Crippen LogP contribution in [0.25, 0.3) is 20.7 Å². The highest BCUT2D eigenvalue weighted by molar-refractivity contribution is 7.21. The Morgan fingerprint density at radius 1 is 1.04 bits per heavy atom. The van der Waals surface area contributed by atoms with Gasteiger partial charge in [-0.2, -0.15) is 0 Å². The van der Waals surface area contributed by atoms with Crippen LogP contribution in [0.5, 0.6) is 0 Å². The second kappa shape index (κ2) is 8.78. The Morgan fingerprint density at radius 2 is 1.85 bits per heavy atom. The number of benzene rings is 1. The van der Waals surface area contributed by atoms with Crippen LogP contribution in [0.3, 0.4) is 0 Å². The van der Waals surface area contributed by atoms with E-state index in [-0.39, 0.29) is 0 Å². The summed E-state index contributed by atoms with van der Waals surface area (Å²) in [4.78, 5) is 16.2. The third-order valence-electron chi connectivity index (χ3n) is 5.18. The van der Waals surface area contributed by atoms with Gasteiger partial charge in [-0.1, -0.05) is 30.3 Å². The molecule has 3 aromatic rings. The Bertz CT molecular complexity index is 855. The molecule has 1 N–H and O–H groups in total. The summed E-state index contributed by atoms with van der Waals surface area (Å²) >= 11 is 1.73. The number of nitrogens with zero attached hydrogens (tertiary/aromatic N) is 4. The molecule has 0 bridgehead atoms. The number of fused-ring (bicyclic) bond motifs is 1. The highest BCUT2D eigenvalue weighted by Crippen LogP contribution is 2.34. The zero-order chi connectivity index (χ0) is 18.5. The summed E-state index contributed by atoms with van der Waals surface area (Å²) < 4.78 is 0. The molecule has 1 aliphatic heterocycles. The molecule has 0 atom stereocenters. The number of rotatable bonds is 7. The Kier molecular flexibility index (Phi) is 5.97. The van der Waals surface area contributed by atoms with E-state index in [1.54, 1.807) is 17.7 Å². The van der Waals surface area contributed by atoms with Crippen molar-refractivity contribution in [1.82, 2.24) is 19.8 Å². The summed E-state index contributed by atoms with van der Waals surface area (Å²) in [6.45, 7) is 6.95. The lowest BCUT2D eigenvalue weighted by Crippen LogP contribution is -2.44. The van der Waals surface area contributed by atoms with Crippen LogP contribution >= 0.6 is 11.3 Å². The Balaban J connectivity index is 1.32. The minimum atomic E-state index is 0.955. The molecule has 6 heteroatoms. The van der Waals surface area contributed by atoms with Crippen LogP contribution in [0.2, 0.25) is 0 Å². The topological polar surface area (TPSA) is 44.3 Å². The van der Waals surface area contributed by atoms with Crippen LogP contribution < -0.4 is 5.32 Å². The van der Waals surface area contributed by atoms with Gasteiger partial charge in [-0.3, -0.25) is 0 Å². The van der Waals surface area contributed by atoms with E-state index in [2.05, 4.69) is 62.5 Å². The third kappa shape index (κ3) is 4.64. The van der Waals surface area contributed by atoms with E-state index in [9.17, 15) is 0 Å². The van der Waals surface area contributed by atoms with Crippen LogP contribution in [0.4, 0.5) is 5.82 Å². The van der Waals surface area contributed by atoms with Crippen LogP contribution in [0.1, 0.15) is 12.8 Å². The quantitative estimate of drug-likeness (QED) is 0.631. The molecule has 142 valence electrons. The van der Waals surface area contributed by atoms with Crippen molar-refractivity contribution in [1.29, 1.82) is 0 Å². The lowest BCUT2D eigenvalue weighted by Gasteiger charge is -2.32. The van der Waals surface area contributed by atoms with Gasteiger partial charge in [0.05, 0.1) is 5.39 Å². The second-order valence-corrected chi connectivity index (χ2v) is 8.23. The number of anilines is 1. The number of hydrogen-bond acceptors (Lipinski definition) is 6. The van der Waals surface area contributed by atoms with Crippen molar-refractivity contribution in [3.05, 3.63) is 42.7 Å². The molecule has 4 rings (SSSR count). The van der Waals surface area contributed by atoms with Gasteiger partial charge in [0.15, 0.2) is 0 Å². The molecular formula is C21H27N5S. The predicted molar refractivity (Wildman–Crippen MR) is 115 cm³/mol. The average Bonchev–Trinajstić information content (AvgIpc) is 3.15. The van der Waals surface area contributed by atoms with Gasteiger partial charge in [0.25, 0.3) is 0 Å². The molecule has 1 fully saturated rings. The monoisotopic (exact) mass is 381 g/mol. The van der Waals surface area contributed by atoms with E-state index in [1.165, 1.54) is 49.6 Å². The first kappa shape index (κ1) is 18.3. The number of nitrogens with one attached hydrogen (secondary N) is 1. The summed E-state index contributed by atoms with van der Waals surface area (Å²) in [5.41, 5.74) is 1.23. The maximum absolute atomic E-state index is 4.48. The van der Waals surface area contributed by atoms with E-state index in [4.69, 9.17) is 0 Å². The van der Waals surface area contributed by atoms with Crippen molar-refractivity contribution < 1.29 is 0 Å². The van der Waals surface area contributed by atoms with E-state index < -0.39 is 0 Å². The molecule has 27 heavy (non-hydrogen) atoms. The number of aromatic nitrogens is 2. The fraction of sp³-hybridized carbons (Fsp3) is 0.429. The van der Waals surface area contributed by atoms with E-state index >= 15 is 0 Å². The normalized spacial score (nSPS) is 16.0. The zero-order valence-electron chi connectivity index (χ0n) is 15.9. The molecule has 0 unspecified atom stereocenters. The lowest BCUT2D eigenvalue weighted by molar-refractivity contribution is 0.152. The van der Waals surface area contributed by atoms with Gasteiger partial charge in [-0.25, -0.2) is 9.97 Å². The summed E-state index contributed by atoms with van der Waals surface area (Å²) in [7, 11) is 2.21. The summed E-state index contributed by atoms with van der Waals surface area (Å²) in [6, 6.07) is 12.7. The van der Waals surface area contributed by atoms with Crippen molar-refractivity contribution in [2.75, 3.05) is 51.6 Å². The minimum Gasteiger partial charge on any atom is -0.369 e. The second-order valence-electron chi connectivity index (χ2n) is 7.20. The minimum absolute atomic E-state index is 0.955. The molecule has 1 aliphatic rings. The maximum atomic E-state index is 4.48. The molecule has 0 radical (unpaired) electrons. The zero-order valence-corrected chi connectivity index (χ0v) is 16.7. The van der Waals surface area contributed by atoms with Crippen LogP contribution in [-0.2, 0) is 0 Å². The van der Waals surface area contributed by atoms with Crippen molar-refractivity contribution >= 4 is 27.4 Å². The van der Waals surface area contributed by atoms with Crippen molar-refractivity contribution in [3.63, 3.8) is 0 Å². The van der Waals surface area contributed by atoms with E-state index in [0.717, 1.165) is 29.0 Å². The summed E-state index contributed by atoms with van der Waals surface area (Å²) in [5.74, 6) is 0.957. The van der Waals surface area contributed by atoms with E-state index in [0.29, 0.717) is 0 Å². The van der Waals surface area contributed by atoms with Crippen molar-refractivity contribution in [2.24, 2.45) is 0 Å². The molecule has 3 heterocycles. The van der Waals surface area contributed by atoms with Gasteiger partial charge >= 0.3 is 0 Å². The number of piperazine rings is 1. The first-order chi connectivity index (χ1) is 13.3. The molecular weight excluding hydrogens is 354 g/mol. The van der Waals surface area contributed by atoms with Crippen molar-refractivity contribution in [2.45, 2.75) is 12.8 Å². The highest BCUT2D eigenvalue weighted by Gasteiger charge is 2.13. The Labute approximate surface area is 165 Å². The Morgan fingerprint density at radius 3 is 2.67 bits per heavy atom. The Hall–Kier alpha value is -2.02. The van der Waals surface area contributed by atoms with Gasteiger partial charge in [0.1, 0.15) is 17.0 Å². The summed E-state index contributed by atoms with van der Waals surface area (Å²) in [6.07, 6.45) is 4.05. The molecule has 2 aromatic heterocycles. The highest BCUT2D eigenvalue weighted by atomic mass is 32.1. The number of hydrogen-bond donors (Lipinski definition) is 1. The fourth-order valence-electron chi connectivity index (χ4n) is 3.48. The fourth-order valence-corrected chi connectivity index (χ4v) is 4.48. The third-order valence-corrected chi connectivity index (χ3v) is 6.27. The number of thiophene rings is 1. The molecule has 0 amide bonds. The van der Waals surface area contributed by atoms with Crippen LogP contribution in [0, 0.1) is 0 Å². The largest absolute Gasteiger partial charge is 0.369 e. The van der Waals surface area contributed by atoms with Gasteiger partial charge < -0.3 is 15.1 Å². The van der Waals surface area contributed by atoms with Gasteiger partial charge in [0, 0.05) is 37.6 Å². The molecule has 5 nitrogen and oxygen atoms in total. The van der Waals surface area contributed by atoms with Crippen LogP contribution in [0.15, 0.2) is 42.7 Å². The standard InChI is InChI=1S/C21H27N5S/c1-25-11-13-26(14-12-25)10-6-5-9-22-20-18-15-19(17-7-3-2-4-8-17)27-21(18)24-16-23-20/h2-4,7-8,15-16H,5-6,9-14H2,1H3,(H,22,23,24). The summed E-state index contributed by atoms with van der Waals surface area (Å²) in [5, 5.41) is 4.65. The predicted octanol–water partition coefficient (Wildman–Crippen LogP) is 3.80. The first-order valence-electron chi connectivity index (χ1n) is 9.74. The lowest BCUT2D eigenvalue weighted by atomic mass is 10.2. The average molecular weight is 382 g/mol. The molecule has 0 saturated carbocycles. The smallest absolute Gasteiger partial charge is 0.138 e. The van der Waals surface area contributed by atoms with Crippen LogP contribution in [-0.4, -0.2) is 66.1 Å². The number of likely N-dealkylation sites (N-methyl/N-ethyl adjacent to an activating group) is 1. The molecule has 0 aliphatic carbocycles. The van der Waals surface area contributed by atoms with E-state index in [1.807, 2.05) is 6.07 Å². The first-order valence-corrected chi connectivity index (χ1v) is 10.6. The van der Waals surface area contributed by atoms with Gasteiger partial charge in [0.2, 0.25) is 0 Å². The van der Waals surface area contributed by atoms with Crippen molar-refractivity contribution in [3.8, 4) is 10.4 Å². The van der Waals surface area contributed by atoms with Gasteiger partial charge in [-0.05, 0) is 38.1 Å². The van der Waals surface area contributed by atoms with Gasteiger partial charge in [-0.15, -0.1) is 11.3 Å². The SMILES string of the molecule is CN1CCN(CCCCNc2ncnc3sc(-c4ccccc4)cc23)CC1. The molecule has 1 aromatic carbocycles. The molecule has 1 saturated heterocycles.